The van der Waals surface area contributed by atoms with Gasteiger partial charge in [0.15, 0.2) is 11.6 Å². The van der Waals surface area contributed by atoms with Gasteiger partial charge >= 0.3 is 5.97 Å². The lowest BCUT2D eigenvalue weighted by atomic mass is 9.79. The Kier molecular flexibility index (Phi) is 7.55. The Morgan fingerprint density at radius 2 is 1.69 bits per heavy atom. The summed E-state index contributed by atoms with van der Waals surface area (Å²) in [6.45, 7) is 4.03. The number of phenolic OH excluding ortho intramolecular Hbond substituents is 1. The molecule has 0 aliphatic carbocycles. The lowest BCUT2D eigenvalue weighted by molar-refractivity contribution is 0.0693. The van der Waals surface area contributed by atoms with E-state index in [4.69, 9.17) is 9.47 Å². The van der Waals surface area contributed by atoms with Crippen LogP contribution in [0.3, 0.4) is 0 Å². The van der Waals surface area contributed by atoms with Crippen molar-refractivity contribution in [2.75, 3.05) is 14.2 Å². The highest BCUT2D eigenvalue weighted by molar-refractivity contribution is 6.04. The number of ether oxygens (including phenoxy) is 2. The fourth-order valence-corrected chi connectivity index (χ4v) is 5.40. The molecule has 0 aliphatic heterocycles. The third-order valence-corrected chi connectivity index (χ3v) is 7.42. The number of carboxylic acid groups (broad SMARTS) is 1. The summed E-state index contributed by atoms with van der Waals surface area (Å²) in [5.41, 5.74) is 2.81. The van der Waals surface area contributed by atoms with Crippen LogP contribution < -0.4 is 9.47 Å². The Bertz CT molecular complexity index is 1800. The van der Waals surface area contributed by atoms with E-state index in [9.17, 15) is 23.8 Å². The summed E-state index contributed by atoms with van der Waals surface area (Å²) < 4.78 is 41.9. The molecule has 216 valence electrons. The largest absolute Gasteiger partial charge is 0.507 e. The summed E-state index contributed by atoms with van der Waals surface area (Å²) in [6, 6.07) is 11.3. The summed E-state index contributed by atoms with van der Waals surface area (Å²) in [6.07, 6.45) is 6.11. The molecule has 0 saturated carbocycles. The number of halogens is 2. The number of aromatic hydroxyl groups is 1. The predicted octanol–water partition coefficient (Wildman–Crippen LogP) is 6.70. The molecular weight excluding hydrogens is 544 g/mol. The second-order valence-corrected chi connectivity index (χ2v) is 10.5. The average molecular weight is 574 g/mol. The minimum absolute atomic E-state index is 0.00537. The monoisotopic (exact) mass is 573 g/mol. The maximum absolute atomic E-state index is 14.9. The summed E-state index contributed by atoms with van der Waals surface area (Å²) in [4.78, 5) is 20.1. The molecule has 2 heterocycles. The number of nitrogens with zero attached hydrogens (tertiary/aromatic N) is 3. The summed E-state index contributed by atoms with van der Waals surface area (Å²) in [5, 5.41) is 21.2. The highest BCUT2D eigenvalue weighted by Gasteiger charge is 2.34. The van der Waals surface area contributed by atoms with E-state index in [-0.39, 0.29) is 22.8 Å². The number of benzene rings is 3. The zero-order valence-corrected chi connectivity index (χ0v) is 23.5. The van der Waals surface area contributed by atoms with Crippen molar-refractivity contribution < 1.29 is 33.3 Å². The molecule has 42 heavy (non-hydrogen) atoms. The van der Waals surface area contributed by atoms with Crippen molar-refractivity contribution in [3.8, 4) is 34.1 Å². The third kappa shape index (κ3) is 5.11. The van der Waals surface area contributed by atoms with Gasteiger partial charge in [-0.15, -0.1) is 0 Å². The highest BCUT2D eigenvalue weighted by atomic mass is 19.1. The Morgan fingerprint density at radius 3 is 2.36 bits per heavy atom. The van der Waals surface area contributed by atoms with E-state index in [2.05, 4.69) is 9.97 Å². The van der Waals surface area contributed by atoms with Crippen LogP contribution in [0.15, 0.2) is 67.3 Å². The number of methoxy groups -OCH3 is 2. The molecule has 0 aliphatic rings. The molecule has 0 atom stereocenters. The van der Waals surface area contributed by atoms with E-state index in [0.29, 0.717) is 46.3 Å². The number of phenols is 1. The van der Waals surface area contributed by atoms with Crippen LogP contribution in [-0.2, 0) is 11.8 Å². The first kappa shape index (κ1) is 28.5. The molecule has 0 amide bonds. The van der Waals surface area contributed by atoms with Gasteiger partial charge in [0.1, 0.15) is 29.2 Å². The number of fused-ring (bicyclic) bond motifs is 1. The number of aromatic nitrogens is 3. The van der Waals surface area contributed by atoms with Crippen LogP contribution in [0.1, 0.15) is 41.9 Å². The first-order valence-corrected chi connectivity index (χ1v) is 13.1. The lowest BCUT2D eigenvalue weighted by Gasteiger charge is -2.29. The van der Waals surface area contributed by atoms with Crippen LogP contribution in [0.2, 0.25) is 0 Å². The second kappa shape index (κ2) is 11.1. The zero-order chi connectivity index (χ0) is 30.2. The number of carboxylic acids is 1. The SMILES string of the molecule is COc1cc(-n2c(C(C)(C)CCc3cncnc3)c(-c3ccc(C(=O)O)c(OC)c3)c3c(O)cc(F)cc32)ccc1F. The van der Waals surface area contributed by atoms with Gasteiger partial charge in [-0.25, -0.2) is 23.5 Å². The Balaban J connectivity index is 1.88. The molecule has 2 aromatic heterocycles. The topological polar surface area (TPSA) is 107 Å². The van der Waals surface area contributed by atoms with E-state index in [1.165, 1.54) is 44.8 Å². The van der Waals surface area contributed by atoms with Crippen LogP contribution in [0.25, 0.3) is 27.7 Å². The third-order valence-electron chi connectivity index (χ3n) is 7.42. The minimum atomic E-state index is -1.16. The van der Waals surface area contributed by atoms with Crippen LogP contribution in [0, 0.1) is 11.6 Å². The van der Waals surface area contributed by atoms with E-state index in [0.717, 1.165) is 11.6 Å². The van der Waals surface area contributed by atoms with E-state index < -0.39 is 23.0 Å². The van der Waals surface area contributed by atoms with Gasteiger partial charge in [-0.3, -0.25) is 0 Å². The predicted molar refractivity (Wildman–Crippen MR) is 154 cm³/mol. The van der Waals surface area contributed by atoms with E-state index in [1.54, 1.807) is 35.2 Å². The summed E-state index contributed by atoms with van der Waals surface area (Å²) in [5.74, 6) is -2.57. The molecule has 8 nitrogen and oxygen atoms in total. The molecule has 0 unspecified atom stereocenters. The first-order chi connectivity index (χ1) is 20.1. The summed E-state index contributed by atoms with van der Waals surface area (Å²) >= 11 is 0. The number of hydrogen-bond acceptors (Lipinski definition) is 6. The van der Waals surface area contributed by atoms with Gasteiger partial charge in [0.05, 0.1) is 25.1 Å². The minimum Gasteiger partial charge on any atom is -0.507 e. The standard InChI is InChI=1S/C32H29F2N3O5/c1-32(2,10-9-18-15-35-17-36-16-18)30-28(19-5-7-22(31(39)40)26(11-19)41-3)29-24(12-20(33)13-25(29)38)37(30)21-6-8-23(34)27(14-21)42-4/h5-8,11-17,38H,9-10H2,1-4H3,(H,39,40). The van der Waals surface area contributed by atoms with Gasteiger partial charge in [-0.05, 0) is 54.3 Å². The zero-order valence-electron chi connectivity index (χ0n) is 23.5. The van der Waals surface area contributed by atoms with Crippen LogP contribution in [-0.4, -0.2) is 44.9 Å². The van der Waals surface area contributed by atoms with Gasteiger partial charge in [0, 0.05) is 46.9 Å². The van der Waals surface area contributed by atoms with Crippen molar-refractivity contribution in [2.45, 2.75) is 32.1 Å². The van der Waals surface area contributed by atoms with Crippen molar-refractivity contribution in [3.63, 3.8) is 0 Å². The molecule has 10 heteroatoms. The average Bonchev–Trinajstić information content (AvgIpc) is 3.33. The van der Waals surface area contributed by atoms with Gasteiger partial charge in [-0.1, -0.05) is 19.9 Å². The number of aromatic carboxylic acids is 1. The van der Waals surface area contributed by atoms with Gasteiger partial charge in [0.25, 0.3) is 0 Å². The van der Waals surface area contributed by atoms with Crippen LogP contribution in [0.4, 0.5) is 8.78 Å². The van der Waals surface area contributed by atoms with E-state index in [1.807, 2.05) is 13.8 Å². The van der Waals surface area contributed by atoms with Crippen LogP contribution in [0.5, 0.6) is 17.2 Å². The summed E-state index contributed by atoms with van der Waals surface area (Å²) in [7, 11) is 2.73. The highest BCUT2D eigenvalue weighted by Crippen LogP contribution is 2.48. The van der Waals surface area contributed by atoms with Gasteiger partial charge in [-0.2, -0.15) is 0 Å². The van der Waals surface area contributed by atoms with Crippen molar-refractivity contribution >= 4 is 16.9 Å². The maximum Gasteiger partial charge on any atom is 0.339 e. The fraction of sp³-hybridized carbons (Fsp3) is 0.219. The first-order valence-electron chi connectivity index (χ1n) is 13.1. The lowest BCUT2D eigenvalue weighted by Crippen LogP contribution is -2.23. The number of aryl methyl sites for hydroxylation is 1. The molecule has 5 aromatic rings. The van der Waals surface area contributed by atoms with Gasteiger partial charge < -0.3 is 24.3 Å². The second-order valence-electron chi connectivity index (χ2n) is 10.5. The smallest absolute Gasteiger partial charge is 0.339 e. The normalized spacial score (nSPS) is 11.6. The maximum atomic E-state index is 14.9. The van der Waals surface area contributed by atoms with Crippen molar-refractivity contribution in [2.24, 2.45) is 0 Å². The quantitative estimate of drug-likeness (QED) is 0.202. The molecule has 5 rings (SSSR count). The molecule has 2 N–H and O–H groups in total. The molecule has 0 spiro atoms. The molecule has 3 aromatic carbocycles. The molecule has 0 fully saturated rings. The van der Waals surface area contributed by atoms with Crippen LogP contribution >= 0.6 is 0 Å². The molecule has 0 radical (unpaired) electrons. The molecule has 0 bridgehead atoms. The van der Waals surface area contributed by atoms with Crippen molar-refractivity contribution in [3.05, 3.63) is 95.7 Å². The molecular formula is C32H29F2N3O5. The van der Waals surface area contributed by atoms with Crippen molar-refractivity contribution in [1.82, 2.24) is 14.5 Å². The fourth-order valence-electron chi connectivity index (χ4n) is 5.40. The Morgan fingerprint density at radius 1 is 0.976 bits per heavy atom. The number of rotatable bonds is 9. The van der Waals surface area contributed by atoms with Crippen molar-refractivity contribution in [1.29, 1.82) is 0 Å². The number of carbonyl (C=O) groups is 1. The Hall–Kier alpha value is -4.99. The molecule has 0 saturated heterocycles. The number of hydrogen-bond donors (Lipinski definition) is 2. The van der Waals surface area contributed by atoms with Gasteiger partial charge in [0.2, 0.25) is 0 Å². The Labute approximate surface area is 240 Å². The van der Waals surface area contributed by atoms with E-state index >= 15 is 0 Å².